The van der Waals surface area contributed by atoms with Crippen molar-refractivity contribution in [2.24, 2.45) is 16.3 Å². The summed E-state index contributed by atoms with van der Waals surface area (Å²) >= 11 is 0. The van der Waals surface area contributed by atoms with Gasteiger partial charge in [-0.05, 0) is 45.8 Å². The summed E-state index contributed by atoms with van der Waals surface area (Å²) in [4.78, 5) is 46.8. The second kappa shape index (κ2) is 13.3. The highest BCUT2D eigenvalue weighted by Gasteiger charge is 2.43. The maximum Gasteiger partial charge on any atom is 0.336 e. The predicted molar refractivity (Wildman–Crippen MR) is 154 cm³/mol. The number of nitro groups is 1. The number of hydrogen-bond acceptors (Lipinski definition) is 9. The minimum absolute atomic E-state index is 0.132. The third kappa shape index (κ3) is 7.85. The number of allylic oxidation sites excluding steroid dienone is 1. The Kier molecular flexibility index (Phi) is 10.4. The predicted octanol–water partition coefficient (Wildman–Crippen LogP) is 4.37. The summed E-state index contributed by atoms with van der Waals surface area (Å²) in [6.45, 7) is 19.3. The van der Waals surface area contributed by atoms with Gasteiger partial charge in [0, 0.05) is 61.1 Å². The van der Waals surface area contributed by atoms with E-state index in [-0.39, 0.29) is 23.3 Å². The molecule has 1 aromatic rings. The molecule has 1 fully saturated rings. The summed E-state index contributed by atoms with van der Waals surface area (Å²) in [5.74, 6) is -2.90. The third-order valence-electron chi connectivity index (χ3n) is 7.36. The average molecular weight is 555 g/mol. The summed E-state index contributed by atoms with van der Waals surface area (Å²) < 4.78 is 10.9. The third-order valence-corrected chi connectivity index (χ3v) is 7.36. The van der Waals surface area contributed by atoms with Crippen LogP contribution in [0.2, 0.25) is 0 Å². The molecular weight excluding hydrogens is 512 g/mol. The van der Waals surface area contributed by atoms with Crippen LogP contribution in [0.3, 0.4) is 0 Å². The number of rotatable bonds is 10. The molecule has 0 aliphatic carbocycles. The number of carbonyl (C=O) groups is 2. The average Bonchev–Trinajstić information content (AvgIpc) is 3.10. The summed E-state index contributed by atoms with van der Waals surface area (Å²) in [5.41, 5.74) is 2.25. The number of carbonyl (C=O) groups excluding carboxylic acids is 2. The van der Waals surface area contributed by atoms with Crippen LogP contribution in [0.4, 0.5) is 5.69 Å². The van der Waals surface area contributed by atoms with Crippen LogP contribution in [-0.2, 0) is 19.1 Å². The molecule has 10 nitrogen and oxygen atoms in total. The van der Waals surface area contributed by atoms with Crippen LogP contribution in [0.1, 0.15) is 52.5 Å². The zero-order valence-corrected chi connectivity index (χ0v) is 24.6. The standard InChI is InChI=1S/C30H42N4O6/c1-20(2)17-32-12-9-13-33(15-14-32)18-30(5,6)19-40-29(36)26-22(4)31-21(3)25(28(35)39-7)27(26)23-10-8-11-24(16-23)34(37)38/h8,10-11,16,25,27H,1,9,12-15,17-19H2,2-7H3. The molecular formula is C30H42N4O6. The van der Waals surface area contributed by atoms with Gasteiger partial charge in [-0.3, -0.25) is 24.8 Å². The molecule has 1 aromatic carbocycles. The molecule has 0 amide bonds. The van der Waals surface area contributed by atoms with E-state index in [9.17, 15) is 19.7 Å². The van der Waals surface area contributed by atoms with Gasteiger partial charge in [0.1, 0.15) is 5.92 Å². The maximum atomic E-state index is 13.6. The number of benzene rings is 1. The van der Waals surface area contributed by atoms with Gasteiger partial charge >= 0.3 is 11.9 Å². The molecule has 2 unspecified atom stereocenters. The highest BCUT2D eigenvalue weighted by Crippen LogP contribution is 2.41. The SMILES string of the molecule is C=C(C)CN1CCCN(CC(C)(C)COC(=O)C2=C(C)N=C(C)C(C(=O)OC)C2c2cccc([N+](=O)[O-])c2)CC1. The summed E-state index contributed by atoms with van der Waals surface area (Å²) in [6.07, 6.45) is 1.06. The van der Waals surface area contributed by atoms with Crippen LogP contribution < -0.4 is 0 Å². The Labute approximate surface area is 236 Å². The minimum atomic E-state index is -0.912. The molecule has 2 aliphatic heterocycles. The molecule has 0 spiro atoms. The fraction of sp³-hybridized carbons (Fsp3) is 0.567. The summed E-state index contributed by atoms with van der Waals surface area (Å²) in [5, 5.41) is 11.5. The number of ether oxygens (including phenoxy) is 2. The Morgan fingerprint density at radius 1 is 1.18 bits per heavy atom. The molecule has 3 rings (SSSR count). The van der Waals surface area contributed by atoms with Gasteiger partial charge in [-0.25, -0.2) is 4.79 Å². The molecule has 10 heteroatoms. The van der Waals surface area contributed by atoms with Crippen molar-refractivity contribution >= 4 is 23.3 Å². The fourth-order valence-electron chi connectivity index (χ4n) is 5.64. The van der Waals surface area contributed by atoms with Crippen LogP contribution in [0, 0.1) is 21.4 Å². The first-order valence-corrected chi connectivity index (χ1v) is 13.7. The van der Waals surface area contributed by atoms with Crippen LogP contribution in [-0.4, -0.2) is 85.4 Å². The highest BCUT2D eigenvalue weighted by atomic mass is 16.6. The Balaban J connectivity index is 1.80. The lowest BCUT2D eigenvalue weighted by atomic mass is 9.75. The maximum absolute atomic E-state index is 13.6. The van der Waals surface area contributed by atoms with E-state index in [2.05, 4.69) is 35.2 Å². The van der Waals surface area contributed by atoms with E-state index in [1.807, 2.05) is 6.92 Å². The zero-order chi connectivity index (χ0) is 29.6. The van der Waals surface area contributed by atoms with Crippen molar-refractivity contribution in [1.82, 2.24) is 9.80 Å². The number of methoxy groups -OCH3 is 1. The van der Waals surface area contributed by atoms with Crippen LogP contribution in [0.15, 0.2) is 52.7 Å². The van der Waals surface area contributed by atoms with Gasteiger partial charge in [-0.1, -0.05) is 38.1 Å². The number of non-ortho nitro benzene ring substituents is 1. The van der Waals surface area contributed by atoms with E-state index in [0.29, 0.717) is 17.0 Å². The van der Waals surface area contributed by atoms with Crippen molar-refractivity contribution < 1.29 is 24.0 Å². The van der Waals surface area contributed by atoms with Crippen molar-refractivity contribution in [1.29, 1.82) is 0 Å². The van der Waals surface area contributed by atoms with Crippen molar-refractivity contribution in [3.8, 4) is 0 Å². The monoisotopic (exact) mass is 554 g/mol. The number of esters is 2. The Bertz CT molecular complexity index is 1200. The van der Waals surface area contributed by atoms with E-state index >= 15 is 0 Å². The largest absolute Gasteiger partial charge is 0.468 e. The van der Waals surface area contributed by atoms with E-state index < -0.39 is 28.7 Å². The highest BCUT2D eigenvalue weighted by molar-refractivity contribution is 6.07. The van der Waals surface area contributed by atoms with Crippen LogP contribution in [0.5, 0.6) is 0 Å². The number of hydrogen-bond donors (Lipinski definition) is 0. The summed E-state index contributed by atoms with van der Waals surface area (Å²) in [7, 11) is 1.27. The number of aliphatic imine (C=N–C) groups is 1. The molecule has 2 aliphatic rings. The fourth-order valence-corrected chi connectivity index (χ4v) is 5.64. The van der Waals surface area contributed by atoms with Gasteiger partial charge in [0.25, 0.3) is 5.69 Å². The molecule has 1 saturated heterocycles. The molecule has 0 saturated carbocycles. The van der Waals surface area contributed by atoms with E-state index in [1.165, 1.54) is 19.2 Å². The molecule has 2 atom stereocenters. The lowest BCUT2D eigenvalue weighted by Gasteiger charge is -2.33. The first-order chi connectivity index (χ1) is 18.8. The van der Waals surface area contributed by atoms with E-state index in [1.54, 1.807) is 26.0 Å². The smallest absolute Gasteiger partial charge is 0.336 e. The van der Waals surface area contributed by atoms with Gasteiger partial charge in [-0.2, -0.15) is 0 Å². The lowest BCUT2D eigenvalue weighted by molar-refractivity contribution is -0.384. The molecule has 2 heterocycles. The zero-order valence-electron chi connectivity index (χ0n) is 24.6. The topological polar surface area (TPSA) is 115 Å². The van der Waals surface area contributed by atoms with Gasteiger partial charge in [0.15, 0.2) is 0 Å². The summed E-state index contributed by atoms with van der Waals surface area (Å²) in [6, 6.07) is 5.98. The normalized spacial score (nSPS) is 20.9. The second-order valence-corrected chi connectivity index (χ2v) is 11.7. The Morgan fingerprint density at radius 3 is 2.50 bits per heavy atom. The first kappa shape index (κ1) is 31.2. The number of nitrogens with zero attached hydrogens (tertiary/aromatic N) is 4. The molecule has 0 aromatic heterocycles. The van der Waals surface area contributed by atoms with Crippen molar-refractivity contribution in [2.45, 2.75) is 47.0 Å². The first-order valence-electron chi connectivity index (χ1n) is 13.7. The van der Waals surface area contributed by atoms with Crippen LogP contribution >= 0.6 is 0 Å². The Morgan fingerprint density at radius 2 is 1.85 bits per heavy atom. The Hall–Kier alpha value is -3.37. The molecule has 0 bridgehead atoms. The van der Waals surface area contributed by atoms with Gasteiger partial charge in [0.05, 0.1) is 24.2 Å². The van der Waals surface area contributed by atoms with Gasteiger partial charge < -0.3 is 14.4 Å². The van der Waals surface area contributed by atoms with Crippen molar-refractivity contribution in [2.75, 3.05) is 53.0 Å². The van der Waals surface area contributed by atoms with Gasteiger partial charge in [0.2, 0.25) is 0 Å². The van der Waals surface area contributed by atoms with E-state index in [4.69, 9.17) is 9.47 Å². The molecule has 218 valence electrons. The molecule has 0 N–H and O–H groups in total. The quantitative estimate of drug-likeness (QED) is 0.181. The van der Waals surface area contributed by atoms with Crippen molar-refractivity contribution in [3.05, 3.63) is 63.4 Å². The van der Waals surface area contributed by atoms with E-state index in [0.717, 1.165) is 51.3 Å². The second-order valence-electron chi connectivity index (χ2n) is 11.7. The van der Waals surface area contributed by atoms with Gasteiger partial charge in [-0.15, -0.1) is 0 Å². The minimum Gasteiger partial charge on any atom is -0.468 e. The van der Waals surface area contributed by atoms with Crippen molar-refractivity contribution in [3.63, 3.8) is 0 Å². The molecule has 40 heavy (non-hydrogen) atoms. The lowest BCUT2D eigenvalue weighted by Crippen LogP contribution is -2.40. The molecule has 0 radical (unpaired) electrons. The van der Waals surface area contributed by atoms with Crippen LogP contribution in [0.25, 0.3) is 0 Å². The number of nitro benzene ring substituents is 1.